The Kier molecular flexibility index (Phi) is 9.00. The molecule has 1 aliphatic carbocycles. The topological polar surface area (TPSA) is 84.9 Å². The summed E-state index contributed by atoms with van der Waals surface area (Å²) in [5, 5.41) is 11.9. The zero-order valence-electron chi connectivity index (χ0n) is 15.0. The molecular formula is C18H31NO5. The molecule has 1 saturated carbocycles. The van der Waals surface area contributed by atoms with E-state index in [9.17, 15) is 9.59 Å². The fourth-order valence-electron chi connectivity index (χ4n) is 2.55. The summed E-state index contributed by atoms with van der Waals surface area (Å²) in [6.07, 6.45) is 8.44. The van der Waals surface area contributed by atoms with Gasteiger partial charge in [0.05, 0.1) is 12.7 Å². The molecule has 138 valence electrons. The summed E-state index contributed by atoms with van der Waals surface area (Å²) in [6, 6.07) is 0. The second kappa shape index (κ2) is 10.5. The fourth-order valence-corrected chi connectivity index (χ4v) is 2.55. The molecule has 6 heteroatoms. The van der Waals surface area contributed by atoms with Crippen molar-refractivity contribution in [3.8, 4) is 0 Å². The van der Waals surface area contributed by atoms with E-state index in [-0.39, 0.29) is 11.6 Å². The van der Waals surface area contributed by atoms with Crippen LogP contribution in [0, 0.1) is 0 Å². The van der Waals surface area contributed by atoms with Crippen molar-refractivity contribution in [3.05, 3.63) is 12.2 Å². The van der Waals surface area contributed by atoms with E-state index in [0.29, 0.717) is 13.2 Å². The third-order valence-electron chi connectivity index (χ3n) is 3.82. The van der Waals surface area contributed by atoms with Crippen molar-refractivity contribution >= 4 is 11.9 Å². The monoisotopic (exact) mass is 341 g/mol. The van der Waals surface area contributed by atoms with Crippen LogP contribution in [0.5, 0.6) is 0 Å². The van der Waals surface area contributed by atoms with E-state index in [1.165, 1.54) is 25.7 Å². The van der Waals surface area contributed by atoms with Gasteiger partial charge in [-0.1, -0.05) is 25.7 Å². The molecule has 0 aromatic rings. The molecule has 1 aliphatic rings. The average molecular weight is 341 g/mol. The highest BCUT2D eigenvalue weighted by atomic mass is 16.6. The van der Waals surface area contributed by atoms with Crippen molar-refractivity contribution in [3.63, 3.8) is 0 Å². The Morgan fingerprint density at radius 3 is 2.33 bits per heavy atom. The minimum absolute atomic E-state index is 0.107. The van der Waals surface area contributed by atoms with Crippen molar-refractivity contribution in [1.29, 1.82) is 0 Å². The van der Waals surface area contributed by atoms with Crippen molar-refractivity contribution in [2.75, 3.05) is 13.2 Å². The Hall–Kier alpha value is -1.40. The van der Waals surface area contributed by atoms with Crippen LogP contribution >= 0.6 is 0 Å². The smallest absolute Gasteiger partial charge is 0.331 e. The molecule has 1 fully saturated rings. The van der Waals surface area contributed by atoms with Crippen molar-refractivity contribution in [2.45, 2.75) is 77.0 Å². The second-order valence-electron chi connectivity index (χ2n) is 7.31. The van der Waals surface area contributed by atoms with Gasteiger partial charge in [0.25, 0.3) is 0 Å². The summed E-state index contributed by atoms with van der Waals surface area (Å²) < 4.78 is 11.3. The molecule has 6 nitrogen and oxygen atoms in total. The quantitative estimate of drug-likeness (QED) is 0.401. The lowest BCUT2D eigenvalue weighted by atomic mass is 10.1. The predicted molar refractivity (Wildman–Crippen MR) is 91.9 cm³/mol. The van der Waals surface area contributed by atoms with E-state index in [2.05, 4.69) is 5.32 Å². The largest absolute Gasteiger partial charge is 0.478 e. The number of rotatable bonds is 8. The molecule has 24 heavy (non-hydrogen) atoms. The first kappa shape index (κ1) is 20.6. The number of carbonyl (C=O) groups excluding carboxylic acids is 1. The molecule has 1 unspecified atom stereocenters. The zero-order valence-corrected chi connectivity index (χ0v) is 15.0. The Morgan fingerprint density at radius 1 is 1.17 bits per heavy atom. The first-order valence-corrected chi connectivity index (χ1v) is 8.74. The van der Waals surface area contributed by atoms with E-state index in [0.717, 1.165) is 25.0 Å². The van der Waals surface area contributed by atoms with Gasteiger partial charge in [-0.2, -0.15) is 0 Å². The lowest BCUT2D eigenvalue weighted by Crippen LogP contribution is -2.44. The van der Waals surface area contributed by atoms with Gasteiger partial charge < -0.3 is 19.9 Å². The molecule has 0 bridgehead atoms. The van der Waals surface area contributed by atoms with Gasteiger partial charge >= 0.3 is 11.9 Å². The van der Waals surface area contributed by atoms with Crippen molar-refractivity contribution in [2.24, 2.45) is 0 Å². The lowest BCUT2D eigenvalue weighted by molar-refractivity contribution is -0.148. The zero-order chi connectivity index (χ0) is 18.0. The van der Waals surface area contributed by atoms with Gasteiger partial charge in [0.1, 0.15) is 6.10 Å². The van der Waals surface area contributed by atoms with Crippen LogP contribution in [0.1, 0.15) is 59.3 Å². The molecular weight excluding hydrogens is 310 g/mol. The van der Waals surface area contributed by atoms with E-state index in [1.807, 2.05) is 20.8 Å². The van der Waals surface area contributed by atoms with Gasteiger partial charge in [0, 0.05) is 24.2 Å². The molecule has 0 amide bonds. The maximum Gasteiger partial charge on any atom is 0.331 e. The van der Waals surface area contributed by atoms with Gasteiger partial charge in [0.2, 0.25) is 0 Å². The number of carbonyl (C=O) groups is 2. The summed E-state index contributed by atoms with van der Waals surface area (Å²) in [4.78, 5) is 22.2. The van der Waals surface area contributed by atoms with Crippen molar-refractivity contribution in [1.82, 2.24) is 5.32 Å². The van der Waals surface area contributed by atoms with Crippen LogP contribution in [0.15, 0.2) is 12.2 Å². The van der Waals surface area contributed by atoms with Crippen LogP contribution in [-0.2, 0) is 19.1 Å². The predicted octanol–water partition coefficient (Wildman–Crippen LogP) is 2.67. The first-order valence-electron chi connectivity index (χ1n) is 8.74. The summed E-state index contributed by atoms with van der Waals surface area (Å²) in [7, 11) is 0. The highest BCUT2D eigenvalue weighted by Crippen LogP contribution is 2.20. The Balaban J connectivity index is 2.52. The summed E-state index contributed by atoms with van der Waals surface area (Å²) in [6.45, 7) is 6.87. The third kappa shape index (κ3) is 10.4. The Labute approximate surface area is 144 Å². The number of esters is 1. The average Bonchev–Trinajstić information content (AvgIpc) is 2.75. The SMILES string of the molecule is CC(C)(C)NCC(COC1CCCCCC1)OC(=O)/C=C/C(=O)O. The van der Waals surface area contributed by atoms with Crippen LogP contribution in [-0.4, -0.2) is 47.9 Å². The van der Waals surface area contributed by atoms with Crippen LogP contribution in [0.2, 0.25) is 0 Å². The molecule has 1 rings (SSSR count). The molecule has 2 N–H and O–H groups in total. The maximum atomic E-state index is 11.7. The molecule has 1 atom stereocenters. The van der Waals surface area contributed by atoms with Crippen molar-refractivity contribution < 1.29 is 24.2 Å². The molecule has 0 spiro atoms. The number of ether oxygens (including phenoxy) is 2. The Bertz CT molecular complexity index is 420. The maximum absolute atomic E-state index is 11.7. The summed E-state index contributed by atoms with van der Waals surface area (Å²) in [5.41, 5.74) is -0.107. The molecule has 0 heterocycles. The second-order valence-corrected chi connectivity index (χ2v) is 7.31. The van der Waals surface area contributed by atoms with E-state index in [4.69, 9.17) is 14.6 Å². The molecule has 0 aromatic heterocycles. The normalized spacial score (nSPS) is 18.3. The minimum atomic E-state index is -1.17. The molecule has 0 aliphatic heterocycles. The van der Waals surface area contributed by atoms with E-state index < -0.39 is 18.0 Å². The Morgan fingerprint density at radius 2 is 1.79 bits per heavy atom. The van der Waals surface area contributed by atoms with Gasteiger partial charge in [-0.15, -0.1) is 0 Å². The van der Waals surface area contributed by atoms with Crippen LogP contribution in [0.3, 0.4) is 0 Å². The first-order chi connectivity index (χ1) is 11.3. The standard InChI is InChI=1S/C18H31NO5/c1-18(2,3)19-12-15(24-17(22)11-10-16(20)21)13-23-14-8-6-4-5-7-9-14/h10-11,14-15,19H,4-9,12-13H2,1-3H3,(H,20,21)/b11-10+. The molecule has 0 radical (unpaired) electrons. The fraction of sp³-hybridized carbons (Fsp3) is 0.778. The molecule has 0 saturated heterocycles. The number of nitrogens with one attached hydrogen (secondary N) is 1. The number of carboxylic acid groups (broad SMARTS) is 1. The van der Waals surface area contributed by atoms with E-state index in [1.54, 1.807) is 0 Å². The van der Waals surface area contributed by atoms with Gasteiger partial charge in [-0.25, -0.2) is 9.59 Å². The highest BCUT2D eigenvalue weighted by Gasteiger charge is 2.20. The minimum Gasteiger partial charge on any atom is -0.478 e. The van der Waals surface area contributed by atoms with Crippen LogP contribution in [0.4, 0.5) is 0 Å². The highest BCUT2D eigenvalue weighted by molar-refractivity contribution is 5.90. The van der Waals surface area contributed by atoms with Gasteiger partial charge in [-0.3, -0.25) is 0 Å². The number of hydrogen-bond acceptors (Lipinski definition) is 5. The third-order valence-corrected chi connectivity index (χ3v) is 3.82. The van der Waals surface area contributed by atoms with Crippen LogP contribution < -0.4 is 5.32 Å². The lowest BCUT2D eigenvalue weighted by Gasteiger charge is -2.26. The van der Waals surface area contributed by atoms with E-state index >= 15 is 0 Å². The van der Waals surface area contributed by atoms with Gasteiger partial charge in [0.15, 0.2) is 0 Å². The number of hydrogen-bond donors (Lipinski definition) is 2. The van der Waals surface area contributed by atoms with Gasteiger partial charge in [-0.05, 0) is 33.6 Å². The molecule has 0 aromatic carbocycles. The van der Waals surface area contributed by atoms with Crippen LogP contribution in [0.25, 0.3) is 0 Å². The number of carboxylic acids is 1. The summed E-state index contributed by atoms with van der Waals surface area (Å²) >= 11 is 0. The number of aliphatic carboxylic acids is 1. The summed E-state index contributed by atoms with van der Waals surface area (Å²) in [5.74, 6) is -1.84.